The van der Waals surface area contributed by atoms with E-state index in [4.69, 9.17) is 4.74 Å². The summed E-state index contributed by atoms with van der Waals surface area (Å²) < 4.78 is 4.99. The Labute approximate surface area is 144 Å². The SMILES string of the molecule is C=CCNc1nc(C(=O)OCC(=O)Nc2ccc(C)cc2C)cs1. The van der Waals surface area contributed by atoms with Gasteiger partial charge in [-0.25, -0.2) is 9.78 Å². The van der Waals surface area contributed by atoms with Crippen LogP contribution in [0.15, 0.2) is 36.2 Å². The highest BCUT2D eigenvalue weighted by Crippen LogP contribution is 2.17. The predicted octanol–water partition coefficient (Wildman–Crippen LogP) is 3.15. The lowest BCUT2D eigenvalue weighted by Crippen LogP contribution is -2.21. The normalized spacial score (nSPS) is 10.1. The molecule has 0 saturated carbocycles. The molecule has 1 heterocycles. The first kappa shape index (κ1) is 17.7. The summed E-state index contributed by atoms with van der Waals surface area (Å²) in [4.78, 5) is 27.9. The fraction of sp³-hybridized carbons (Fsp3) is 0.235. The van der Waals surface area contributed by atoms with Gasteiger partial charge in [-0.15, -0.1) is 17.9 Å². The van der Waals surface area contributed by atoms with Gasteiger partial charge < -0.3 is 15.4 Å². The van der Waals surface area contributed by atoms with E-state index in [9.17, 15) is 9.59 Å². The van der Waals surface area contributed by atoms with Gasteiger partial charge in [0.2, 0.25) is 0 Å². The minimum Gasteiger partial charge on any atom is -0.451 e. The molecule has 1 amide bonds. The van der Waals surface area contributed by atoms with Gasteiger partial charge in [0.1, 0.15) is 0 Å². The molecule has 0 aliphatic rings. The molecule has 0 unspecified atom stereocenters. The largest absolute Gasteiger partial charge is 0.451 e. The maximum atomic E-state index is 11.9. The third kappa shape index (κ3) is 4.92. The Morgan fingerprint density at radius 1 is 1.38 bits per heavy atom. The van der Waals surface area contributed by atoms with E-state index in [0.29, 0.717) is 17.4 Å². The van der Waals surface area contributed by atoms with Crippen molar-refractivity contribution >= 4 is 34.0 Å². The second-order valence-corrected chi connectivity index (χ2v) is 6.01. The molecule has 2 rings (SSSR count). The first-order valence-electron chi connectivity index (χ1n) is 7.34. The molecule has 0 aliphatic heterocycles. The summed E-state index contributed by atoms with van der Waals surface area (Å²) in [7, 11) is 0. The highest BCUT2D eigenvalue weighted by atomic mass is 32.1. The van der Waals surface area contributed by atoms with Crippen LogP contribution in [0.3, 0.4) is 0 Å². The number of ether oxygens (including phenoxy) is 1. The van der Waals surface area contributed by atoms with Crippen LogP contribution >= 0.6 is 11.3 Å². The van der Waals surface area contributed by atoms with Crippen molar-refractivity contribution in [2.45, 2.75) is 13.8 Å². The lowest BCUT2D eigenvalue weighted by atomic mass is 10.1. The maximum absolute atomic E-state index is 11.9. The van der Waals surface area contributed by atoms with E-state index in [1.54, 1.807) is 11.5 Å². The molecule has 2 N–H and O–H groups in total. The van der Waals surface area contributed by atoms with Gasteiger partial charge in [-0.1, -0.05) is 23.8 Å². The molecular formula is C17H19N3O3S. The van der Waals surface area contributed by atoms with Crippen LogP contribution in [0.5, 0.6) is 0 Å². The lowest BCUT2D eigenvalue weighted by molar-refractivity contribution is -0.119. The molecule has 6 nitrogen and oxygen atoms in total. The number of aromatic nitrogens is 1. The standard InChI is InChI=1S/C17H19N3O3S/c1-4-7-18-17-20-14(10-24-17)16(22)23-9-15(21)19-13-6-5-11(2)8-12(13)3/h4-6,8,10H,1,7,9H2,2-3H3,(H,18,20)(H,19,21). The third-order valence-corrected chi connectivity index (χ3v) is 3.90. The van der Waals surface area contributed by atoms with Gasteiger partial charge in [0, 0.05) is 17.6 Å². The molecule has 0 bridgehead atoms. The van der Waals surface area contributed by atoms with Crippen LogP contribution in [0.1, 0.15) is 21.6 Å². The van der Waals surface area contributed by atoms with Crippen LogP contribution in [-0.2, 0) is 9.53 Å². The maximum Gasteiger partial charge on any atom is 0.358 e. The number of nitrogens with zero attached hydrogens (tertiary/aromatic N) is 1. The van der Waals surface area contributed by atoms with Crippen molar-refractivity contribution in [1.82, 2.24) is 4.98 Å². The molecule has 126 valence electrons. The monoisotopic (exact) mass is 345 g/mol. The lowest BCUT2D eigenvalue weighted by Gasteiger charge is -2.09. The zero-order chi connectivity index (χ0) is 17.5. The van der Waals surface area contributed by atoms with Crippen molar-refractivity contribution in [3.63, 3.8) is 0 Å². The Hall–Kier alpha value is -2.67. The summed E-state index contributed by atoms with van der Waals surface area (Å²) in [5, 5.41) is 7.88. The number of aryl methyl sites for hydroxylation is 2. The van der Waals surface area contributed by atoms with Crippen molar-refractivity contribution in [3.05, 3.63) is 53.1 Å². The number of amides is 1. The van der Waals surface area contributed by atoms with Crippen molar-refractivity contribution in [3.8, 4) is 0 Å². The number of benzene rings is 1. The van der Waals surface area contributed by atoms with Gasteiger partial charge in [-0.05, 0) is 25.5 Å². The van der Waals surface area contributed by atoms with Crippen LogP contribution in [-0.4, -0.2) is 30.0 Å². The number of anilines is 2. The quantitative estimate of drug-likeness (QED) is 0.595. The fourth-order valence-corrected chi connectivity index (χ4v) is 2.64. The third-order valence-electron chi connectivity index (χ3n) is 3.10. The topological polar surface area (TPSA) is 80.3 Å². The molecule has 1 aromatic heterocycles. The molecule has 7 heteroatoms. The Kier molecular flexibility index (Phi) is 6.08. The molecule has 0 atom stereocenters. The Morgan fingerprint density at radius 3 is 2.88 bits per heavy atom. The predicted molar refractivity (Wildman–Crippen MR) is 95.6 cm³/mol. The molecule has 1 aromatic carbocycles. The average molecular weight is 345 g/mol. The van der Waals surface area contributed by atoms with Crippen molar-refractivity contribution in [1.29, 1.82) is 0 Å². The summed E-state index contributed by atoms with van der Waals surface area (Å²) in [5.41, 5.74) is 2.94. The van der Waals surface area contributed by atoms with E-state index >= 15 is 0 Å². The number of hydrogen-bond donors (Lipinski definition) is 2. The number of hydrogen-bond acceptors (Lipinski definition) is 6. The minimum atomic E-state index is -0.631. The Morgan fingerprint density at radius 2 is 2.17 bits per heavy atom. The van der Waals surface area contributed by atoms with Crippen molar-refractivity contribution in [2.24, 2.45) is 0 Å². The smallest absolute Gasteiger partial charge is 0.358 e. The zero-order valence-corrected chi connectivity index (χ0v) is 14.4. The van der Waals surface area contributed by atoms with E-state index in [0.717, 1.165) is 11.1 Å². The number of carbonyl (C=O) groups is 2. The summed E-state index contributed by atoms with van der Waals surface area (Å²) >= 11 is 1.29. The van der Waals surface area contributed by atoms with Crippen LogP contribution in [0.25, 0.3) is 0 Å². The number of esters is 1. The van der Waals surface area contributed by atoms with E-state index in [2.05, 4.69) is 22.2 Å². The first-order valence-corrected chi connectivity index (χ1v) is 8.22. The van der Waals surface area contributed by atoms with Crippen LogP contribution in [0.4, 0.5) is 10.8 Å². The Balaban J connectivity index is 1.85. The number of carbonyl (C=O) groups excluding carboxylic acids is 2. The molecular weight excluding hydrogens is 326 g/mol. The van der Waals surface area contributed by atoms with Gasteiger partial charge >= 0.3 is 5.97 Å². The molecule has 0 saturated heterocycles. The van der Waals surface area contributed by atoms with Gasteiger partial charge in [-0.2, -0.15) is 0 Å². The Bertz CT molecular complexity index is 755. The molecule has 0 radical (unpaired) electrons. The molecule has 2 aromatic rings. The average Bonchev–Trinajstić information content (AvgIpc) is 3.02. The van der Waals surface area contributed by atoms with Gasteiger partial charge in [0.05, 0.1) is 0 Å². The van der Waals surface area contributed by atoms with Crippen LogP contribution in [0, 0.1) is 13.8 Å². The highest BCUT2D eigenvalue weighted by Gasteiger charge is 2.14. The van der Waals surface area contributed by atoms with Crippen molar-refractivity contribution in [2.75, 3.05) is 23.8 Å². The molecule has 0 fully saturated rings. The zero-order valence-electron chi connectivity index (χ0n) is 13.6. The molecule has 0 spiro atoms. The van der Waals surface area contributed by atoms with Crippen LogP contribution < -0.4 is 10.6 Å². The second-order valence-electron chi connectivity index (χ2n) is 5.15. The number of nitrogens with one attached hydrogen (secondary N) is 2. The number of thiazole rings is 1. The highest BCUT2D eigenvalue weighted by molar-refractivity contribution is 7.13. The minimum absolute atomic E-state index is 0.172. The van der Waals surface area contributed by atoms with Crippen LogP contribution in [0.2, 0.25) is 0 Å². The van der Waals surface area contributed by atoms with Crippen molar-refractivity contribution < 1.29 is 14.3 Å². The molecule has 0 aliphatic carbocycles. The second kappa shape index (κ2) is 8.26. The van der Waals surface area contributed by atoms with E-state index in [1.165, 1.54) is 11.3 Å². The van der Waals surface area contributed by atoms with E-state index in [-0.39, 0.29) is 12.3 Å². The molecule has 24 heavy (non-hydrogen) atoms. The summed E-state index contributed by atoms with van der Waals surface area (Å²) in [6.07, 6.45) is 1.69. The number of rotatable bonds is 7. The summed E-state index contributed by atoms with van der Waals surface area (Å²) in [5.74, 6) is -1.02. The van der Waals surface area contributed by atoms with Gasteiger partial charge in [0.25, 0.3) is 5.91 Å². The summed E-state index contributed by atoms with van der Waals surface area (Å²) in [6, 6.07) is 5.69. The fourth-order valence-electron chi connectivity index (χ4n) is 1.95. The summed E-state index contributed by atoms with van der Waals surface area (Å²) in [6.45, 7) is 7.67. The first-order chi connectivity index (χ1) is 11.5. The van der Waals surface area contributed by atoms with E-state index in [1.807, 2.05) is 32.0 Å². The van der Waals surface area contributed by atoms with Gasteiger partial charge in [-0.3, -0.25) is 4.79 Å². The van der Waals surface area contributed by atoms with E-state index < -0.39 is 11.9 Å². The van der Waals surface area contributed by atoms with Gasteiger partial charge in [0.15, 0.2) is 17.4 Å².